The molecule has 1 N–H and O–H groups in total. The van der Waals surface area contributed by atoms with Crippen molar-refractivity contribution in [3.05, 3.63) is 99.0 Å². The summed E-state index contributed by atoms with van der Waals surface area (Å²) in [5, 5.41) is 13.4. The Morgan fingerprint density at radius 3 is 2.45 bits per heavy atom. The number of benzene rings is 3. The first-order valence-electron chi connectivity index (χ1n) is 9.67. The summed E-state index contributed by atoms with van der Waals surface area (Å²) in [4.78, 5) is 12.6. The first-order valence-corrected chi connectivity index (χ1v) is 10.4. The Balaban J connectivity index is 1.81. The summed E-state index contributed by atoms with van der Waals surface area (Å²) in [5.41, 5.74) is 3.14. The number of anilines is 1. The number of aryl methyl sites for hydroxylation is 1. The molecule has 0 heterocycles. The predicted molar refractivity (Wildman–Crippen MR) is 125 cm³/mol. The van der Waals surface area contributed by atoms with Crippen molar-refractivity contribution in [2.45, 2.75) is 20.0 Å². The maximum Gasteiger partial charge on any atom is 0.266 e. The summed E-state index contributed by atoms with van der Waals surface area (Å²) in [6.07, 6.45) is 2.37. The van der Waals surface area contributed by atoms with E-state index in [1.165, 1.54) is 6.08 Å². The van der Waals surface area contributed by atoms with Gasteiger partial charge in [0.1, 0.15) is 24.0 Å². The van der Waals surface area contributed by atoms with Crippen molar-refractivity contribution < 1.29 is 9.53 Å². The molecule has 3 aromatic rings. The smallest absolute Gasteiger partial charge is 0.266 e. The van der Waals surface area contributed by atoms with Crippen molar-refractivity contribution in [3.63, 3.8) is 0 Å². The Labute approximate surface area is 191 Å². The number of carbonyl (C=O) groups is 1. The summed E-state index contributed by atoms with van der Waals surface area (Å²) < 4.78 is 5.90. The van der Waals surface area contributed by atoms with Crippen LogP contribution < -0.4 is 10.1 Å². The summed E-state index contributed by atoms with van der Waals surface area (Å²) in [6.45, 7) is 2.34. The second-order valence-corrected chi connectivity index (χ2v) is 7.65. The Morgan fingerprint density at radius 1 is 1.03 bits per heavy atom. The van der Waals surface area contributed by atoms with Crippen molar-refractivity contribution in [1.29, 1.82) is 5.26 Å². The van der Waals surface area contributed by atoms with Gasteiger partial charge in [0, 0.05) is 21.3 Å². The van der Waals surface area contributed by atoms with E-state index in [-0.39, 0.29) is 12.2 Å². The standard InChI is InChI=1S/C25H20Cl2N2O2/c1-2-17-6-9-23(10-7-17)29-25(30)20(15-28)13-19-14-22(27)8-11-24(19)31-16-18-4-3-5-21(26)12-18/h3-14H,2,16H2,1H3,(H,29,30)/b20-13-. The lowest BCUT2D eigenvalue weighted by atomic mass is 10.1. The topological polar surface area (TPSA) is 62.1 Å². The lowest BCUT2D eigenvalue weighted by molar-refractivity contribution is -0.112. The van der Waals surface area contributed by atoms with Gasteiger partial charge in [-0.2, -0.15) is 5.26 Å². The third-order valence-electron chi connectivity index (χ3n) is 4.54. The highest BCUT2D eigenvalue weighted by atomic mass is 35.5. The van der Waals surface area contributed by atoms with E-state index >= 15 is 0 Å². The minimum absolute atomic E-state index is 0.0607. The number of nitrogens with one attached hydrogen (secondary N) is 1. The second kappa shape index (κ2) is 10.7. The van der Waals surface area contributed by atoms with Crippen molar-refractivity contribution in [1.82, 2.24) is 0 Å². The zero-order chi connectivity index (χ0) is 22.2. The molecule has 0 atom stereocenters. The van der Waals surface area contributed by atoms with E-state index in [0.717, 1.165) is 17.5 Å². The first kappa shape index (κ1) is 22.4. The predicted octanol–water partition coefficient (Wildman–Crippen LogP) is 6.68. The number of hydrogen-bond acceptors (Lipinski definition) is 3. The number of rotatable bonds is 7. The molecule has 0 spiro atoms. The zero-order valence-corrected chi connectivity index (χ0v) is 18.4. The molecular formula is C25H20Cl2N2O2. The number of hydrogen-bond donors (Lipinski definition) is 1. The SMILES string of the molecule is CCc1ccc(NC(=O)/C(C#N)=C\c2cc(Cl)ccc2OCc2cccc(Cl)c2)cc1. The molecule has 6 heteroatoms. The number of nitriles is 1. The van der Waals surface area contributed by atoms with Gasteiger partial charge in [0.25, 0.3) is 5.91 Å². The normalized spacial score (nSPS) is 11.0. The highest BCUT2D eigenvalue weighted by Crippen LogP contribution is 2.27. The average Bonchev–Trinajstić information content (AvgIpc) is 2.77. The maximum absolute atomic E-state index is 12.6. The average molecular weight is 451 g/mol. The van der Waals surface area contributed by atoms with Crippen LogP contribution in [0.5, 0.6) is 5.75 Å². The van der Waals surface area contributed by atoms with Crippen LogP contribution in [0.2, 0.25) is 10.0 Å². The van der Waals surface area contributed by atoms with E-state index in [9.17, 15) is 10.1 Å². The molecule has 0 aromatic heterocycles. The molecule has 3 aromatic carbocycles. The quantitative estimate of drug-likeness (QED) is 0.322. The first-order chi connectivity index (χ1) is 15.0. The molecule has 1 amide bonds. The number of halogens is 2. The van der Waals surface area contributed by atoms with E-state index in [4.69, 9.17) is 27.9 Å². The van der Waals surface area contributed by atoms with E-state index < -0.39 is 5.91 Å². The third kappa shape index (κ3) is 6.36. The molecule has 0 bridgehead atoms. The maximum atomic E-state index is 12.6. The fourth-order valence-corrected chi connectivity index (χ4v) is 3.27. The fourth-order valence-electron chi connectivity index (χ4n) is 2.88. The highest BCUT2D eigenvalue weighted by molar-refractivity contribution is 6.31. The van der Waals surface area contributed by atoms with Gasteiger partial charge in [0.05, 0.1) is 0 Å². The number of amides is 1. The van der Waals surface area contributed by atoms with Gasteiger partial charge in [-0.15, -0.1) is 0 Å². The van der Waals surface area contributed by atoms with Gasteiger partial charge in [-0.3, -0.25) is 4.79 Å². The Morgan fingerprint density at radius 2 is 1.77 bits per heavy atom. The van der Waals surface area contributed by atoms with Crippen molar-refractivity contribution >= 4 is 40.9 Å². The minimum Gasteiger partial charge on any atom is -0.488 e. The highest BCUT2D eigenvalue weighted by Gasteiger charge is 2.12. The monoisotopic (exact) mass is 450 g/mol. The van der Waals surface area contributed by atoms with Crippen LogP contribution in [0.15, 0.2) is 72.3 Å². The fraction of sp³-hybridized carbons (Fsp3) is 0.120. The molecule has 0 aliphatic carbocycles. The van der Waals surface area contributed by atoms with Crippen LogP contribution >= 0.6 is 23.2 Å². The van der Waals surface area contributed by atoms with E-state index in [0.29, 0.717) is 27.0 Å². The molecule has 0 aliphatic heterocycles. The summed E-state index contributed by atoms with van der Waals surface area (Å²) in [7, 11) is 0. The van der Waals surface area contributed by atoms with Crippen LogP contribution in [-0.2, 0) is 17.8 Å². The summed E-state index contributed by atoms with van der Waals surface area (Å²) in [5.74, 6) is -0.00950. The van der Waals surface area contributed by atoms with Gasteiger partial charge in [-0.05, 0) is 66.1 Å². The molecule has 0 unspecified atom stereocenters. The number of nitrogens with zero attached hydrogens (tertiary/aromatic N) is 1. The van der Waals surface area contributed by atoms with E-state index in [1.54, 1.807) is 24.3 Å². The van der Waals surface area contributed by atoms with E-state index in [1.807, 2.05) is 48.5 Å². The molecule has 4 nitrogen and oxygen atoms in total. The molecule has 0 radical (unpaired) electrons. The van der Waals surface area contributed by atoms with Crippen LogP contribution in [0.1, 0.15) is 23.6 Å². The molecule has 0 aliphatic rings. The van der Waals surface area contributed by atoms with Crippen LogP contribution in [0.4, 0.5) is 5.69 Å². The molecule has 156 valence electrons. The van der Waals surface area contributed by atoms with Gasteiger partial charge in [0.15, 0.2) is 0 Å². The summed E-state index contributed by atoms with van der Waals surface area (Å²) in [6, 6.07) is 21.8. The molecule has 0 saturated carbocycles. The second-order valence-electron chi connectivity index (χ2n) is 6.78. The van der Waals surface area contributed by atoms with Crippen molar-refractivity contribution in [2.75, 3.05) is 5.32 Å². The molecular weight excluding hydrogens is 431 g/mol. The van der Waals surface area contributed by atoms with Gasteiger partial charge in [0.2, 0.25) is 0 Å². The van der Waals surface area contributed by atoms with Gasteiger partial charge in [-0.25, -0.2) is 0 Å². The van der Waals surface area contributed by atoms with Crippen LogP contribution in [-0.4, -0.2) is 5.91 Å². The van der Waals surface area contributed by atoms with Gasteiger partial charge in [-0.1, -0.05) is 54.4 Å². The van der Waals surface area contributed by atoms with Crippen molar-refractivity contribution in [3.8, 4) is 11.8 Å². The number of ether oxygens (including phenoxy) is 1. The molecule has 0 fully saturated rings. The Hall–Kier alpha value is -3.26. The molecule has 0 saturated heterocycles. The summed E-state index contributed by atoms with van der Waals surface area (Å²) >= 11 is 12.2. The van der Waals surface area contributed by atoms with Crippen molar-refractivity contribution in [2.24, 2.45) is 0 Å². The largest absolute Gasteiger partial charge is 0.488 e. The Bertz CT molecular complexity index is 1150. The molecule has 3 rings (SSSR count). The Kier molecular flexibility index (Phi) is 7.72. The van der Waals surface area contributed by atoms with E-state index in [2.05, 4.69) is 12.2 Å². The third-order valence-corrected chi connectivity index (χ3v) is 5.01. The van der Waals surface area contributed by atoms with Gasteiger partial charge < -0.3 is 10.1 Å². The van der Waals surface area contributed by atoms with Crippen LogP contribution in [0.3, 0.4) is 0 Å². The molecule has 31 heavy (non-hydrogen) atoms. The number of carbonyl (C=O) groups excluding carboxylic acids is 1. The minimum atomic E-state index is -0.507. The lowest BCUT2D eigenvalue weighted by Crippen LogP contribution is -2.13. The van der Waals surface area contributed by atoms with Crippen LogP contribution in [0.25, 0.3) is 6.08 Å². The zero-order valence-electron chi connectivity index (χ0n) is 16.9. The van der Waals surface area contributed by atoms with Gasteiger partial charge >= 0.3 is 0 Å². The van der Waals surface area contributed by atoms with Crippen LogP contribution in [0, 0.1) is 11.3 Å². The lowest BCUT2D eigenvalue weighted by Gasteiger charge is -2.11.